The lowest BCUT2D eigenvalue weighted by atomic mass is 9.77. The van der Waals surface area contributed by atoms with E-state index >= 15 is 8.78 Å². The fraction of sp³-hybridized carbons (Fsp3) is 0.455. The lowest BCUT2D eigenvalue weighted by Gasteiger charge is -2.43. The van der Waals surface area contributed by atoms with Crippen LogP contribution in [0.15, 0.2) is 72.9 Å². The summed E-state index contributed by atoms with van der Waals surface area (Å²) < 4.78 is 46.7. The van der Waals surface area contributed by atoms with E-state index in [2.05, 4.69) is 43.2 Å². The van der Waals surface area contributed by atoms with Gasteiger partial charge in [-0.3, -0.25) is 24.6 Å². The first kappa shape index (κ1) is 49.5. The van der Waals surface area contributed by atoms with Crippen molar-refractivity contribution in [3.8, 4) is 22.6 Å². The molecule has 5 aromatic rings. The molecule has 4 aliphatic heterocycles. The number of rotatable bonds is 13. The van der Waals surface area contributed by atoms with Crippen molar-refractivity contribution in [1.82, 2.24) is 25.0 Å². The Morgan fingerprint density at radius 1 is 0.931 bits per heavy atom. The zero-order chi connectivity index (χ0) is 50.4. The molecule has 10 rings (SSSR count). The Labute approximate surface area is 422 Å². The predicted octanol–water partition coefficient (Wildman–Crippen LogP) is 8.10. The van der Waals surface area contributed by atoms with Crippen molar-refractivity contribution in [1.29, 1.82) is 0 Å². The van der Waals surface area contributed by atoms with Crippen molar-refractivity contribution in [2.75, 3.05) is 57.4 Å². The van der Waals surface area contributed by atoms with Crippen LogP contribution in [-0.4, -0.2) is 108 Å². The van der Waals surface area contributed by atoms with Crippen LogP contribution in [0.3, 0.4) is 0 Å². The molecule has 4 aromatic carbocycles. The lowest BCUT2D eigenvalue weighted by molar-refractivity contribution is -0.138. The molecule has 17 heteroatoms. The maximum atomic E-state index is 16.5. The minimum atomic E-state index is -1.10. The van der Waals surface area contributed by atoms with Gasteiger partial charge in [-0.15, -0.1) is 0 Å². The predicted molar refractivity (Wildman–Crippen MR) is 270 cm³/mol. The Morgan fingerprint density at radius 3 is 2.36 bits per heavy atom. The Morgan fingerprint density at radius 2 is 1.67 bits per heavy atom. The summed E-state index contributed by atoms with van der Waals surface area (Å²) in [5, 5.41) is 16.2. The average molecular weight is 1010 g/mol. The first-order valence-corrected chi connectivity index (χ1v) is 25.7. The second-order valence-corrected chi connectivity index (χ2v) is 20.6. The van der Waals surface area contributed by atoms with Gasteiger partial charge >= 0.3 is 6.03 Å². The van der Waals surface area contributed by atoms with Crippen LogP contribution in [-0.2, 0) is 22.2 Å². The minimum absolute atomic E-state index is 0.0492. The maximum absolute atomic E-state index is 16.5. The van der Waals surface area contributed by atoms with Gasteiger partial charge in [0.15, 0.2) is 17.2 Å². The number of fused-ring (bicyclic) bond motifs is 2. The number of anilines is 1. The van der Waals surface area contributed by atoms with Gasteiger partial charge in [0, 0.05) is 97.9 Å². The molecule has 5 N–H and O–H groups in total. The highest BCUT2D eigenvalue weighted by Gasteiger charge is 2.50. The topological polar surface area (TPSA) is 172 Å². The van der Waals surface area contributed by atoms with Crippen molar-refractivity contribution in [3.05, 3.63) is 112 Å². The van der Waals surface area contributed by atoms with Gasteiger partial charge in [-0.25, -0.2) is 13.6 Å². The van der Waals surface area contributed by atoms with Crippen LogP contribution in [0.5, 0.6) is 11.5 Å². The number of aliphatic hydroxyl groups excluding tert-OH is 1. The number of nitrogens with zero attached hydrogens (tertiary/aromatic N) is 4. The number of amides is 5. The number of likely N-dealkylation sites (tertiary alicyclic amines) is 2. The van der Waals surface area contributed by atoms with E-state index in [4.69, 9.17) is 26.8 Å². The number of nitrogens with one attached hydrogen (secondary N) is 2. The molecule has 1 aromatic heterocycles. The monoisotopic (exact) mass is 1010 g/mol. The van der Waals surface area contributed by atoms with E-state index in [-0.39, 0.29) is 77.6 Å². The molecule has 0 bridgehead atoms. The van der Waals surface area contributed by atoms with Gasteiger partial charge in [-0.2, -0.15) is 0 Å². The highest BCUT2D eigenvalue weighted by Crippen LogP contribution is 2.56. The first-order chi connectivity index (χ1) is 34.8. The van der Waals surface area contributed by atoms with Crippen LogP contribution >= 0.6 is 11.6 Å². The molecule has 5 heterocycles. The quantitative estimate of drug-likeness (QED) is 0.0910. The molecule has 0 radical (unpaired) electrons. The number of carbonyl (C=O) groups excluding carboxylic acids is 4. The number of hydrogen-bond acceptors (Lipinski definition) is 9. The third-order valence-corrected chi connectivity index (χ3v) is 16.6. The van der Waals surface area contributed by atoms with Crippen molar-refractivity contribution in [3.63, 3.8) is 0 Å². The van der Waals surface area contributed by atoms with E-state index in [1.165, 1.54) is 23.8 Å². The molecule has 14 nitrogen and oxygen atoms in total. The molecule has 0 unspecified atom stereocenters. The number of imide groups is 1. The number of aliphatic hydroxyl groups is 1. The van der Waals surface area contributed by atoms with E-state index in [0.29, 0.717) is 30.6 Å². The smallest absolute Gasteiger partial charge is 0.328 e. The Kier molecular flexibility index (Phi) is 14.1. The standard InChI is InChI=1S/C55H62ClF2N7O7/c1-32-47-45(29-41(57)50(56)49(47)48-40(52(59)68)14-15-44(51(48)58)71-27-26-66)72-55(32,36-6-4-3-5-7-36)31-60-37-11-8-34(9-12-37)53(69)64-23-18-38(19-24-64)63-21-16-33(17-22-63)35-10-13-39-42(28-35)62(2)30-43(39)65-25-20-46(67)61-54(65)70/h3-7,10,13-15,28-30,32-34,37-38,60,66H,8-9,11-12,16-27,31H2,1-2H3,(H2,59,68)(H,61,67,70)/t32-,34?,37?,55-/m0/s1. The van der Waals surface area contributed by atoms with Gasteiger partial charge in [0.05, 0.1) is 28.4 Å². The molecule has 5 aliphatic rings. The number of nitrogens with two attached hydrogens (primary N) is 1. The molecule has 72 heavy (non-hydrogen) atoms. The molecule has 2 atom stereocenters. The maximum Gasteiger partial charge on any atom is 0.328 e. The van der Waals surface area contributed by atoms with Crippen LogP contribution in [0.1, 0.15) is 104 Å². The number of primary amides is 1. The van der Waals surface area contributed by atoms with Crippen LogP contribution in [0.25, 0.3) is 22.0 Å². The number of halogens is 3. The van der Waals surface area contributed by atoms with Crippen LogP contribution in [0.2, 0.25) is 5.02 Å². The van der Waals surface area contributed by atoms with Gasteiger partial charge in [0.1, 0.15) is 18.2 Å². The molecule has 380 valence electrons. The van der Waals surface area contributed by atoms with Crippen molar-refractivity contribution >= 4 is 51.9 Å². The van der Waals surface area contributed by atoms with Crippen molar-refractivity contribution < 1.29 is 42.5 Å². The number of carbonyl (C=O) groups is 4. The lowest BCUT2D eigenvalue weighted by Crippen LogP contribution is -2.51. The largest absolute Gasteiger partial charge is 0.488 e. The normalized spacial score (nSPS) is 23.3. The number of piperidine rings is 2. The zero-order valence-corrected chi connectivity index (χ0v) is 41.5. The van der Waals surface area contributed by atoms with E-state index < -0.39 is 34.1 Å². The van der Waals surface area contributed by atoms with Crippen molar-refractivity contribution in [2.24, 2.45) is 18.7 Å². The fourth-order valence-electron chi connectivity index (χ4n) is 12.3. The SMILES string of the molecule is C[C@H]1c2c(cc(F)c(Cl)c2-c2c(C(N)=O)ccc(OCCO)c2F)O[C@]1(CNC1CCC(C(=O)N2CCC(N3CCC(c4ccc5c(N6CCC(=O)NC6=O)cn(C)c5c4)CC3)CC2)CC1)c1ccccc1. The number of urea groups is 1. The summed E-state index contributed by atoms with van der Waals surface area (Å²) in [6.07, 6.45) is 9.34. The second-order valence-electron chi connectivity index (χ2n) is 20.2. The van der Waals surface area contributed by atoms with Crippen LogP contribution < -0.4 is 30.7 Å². The summed E-state index contributed by atoms with van der Waals surface area (Å²) in [6.45, 7) is 5.52. The second kappa shape index (κ2) is 20.4. The van der Waals surface area contributed by atoms with E-state index in [1.807, 2.05) is 50.5 Å². The Bertz CT molecular complexity index is 2890. The third-order valence-electron chi connectivity index (χ3n) is 16.2. The number of ether oxygens (including phenoxy) is 2. The summed E-state index contributed by atoms with van der Waals surface area (Å²) in [6, 6.07) is 20.0. The molecule has 1 saturated carbocycles. The number of aryl methyl sites for hydroxylation is 1. The highest BCUT2D eigenvalue weighted by atomic mass is 35.5. The summed E-state index contributed by atoms with van der Waals surface area (Å²) in [5.41, 5.74) is 8.52. The van der Waals surface area contributed by atoms with Gasteiger partial charge < -0.3 is 40.0 Å². The molecule has 0 spiro atoms. The zero-order valence-electron chi connectivity index (χ0n) is 40.7. The molecule has 4 fully saturated rings. The molecular weight excluding hydrogens is 944 g/mol. The highest BCUT2D eigenvalue weighted by molar-refractivity contribution is 6.34. The minimum Gasteiger partial charge on any atom is -0.488 e. The Hall–Kier alpha value is -6.07. The first-order valence-electron chi connectivity index (χ1n) is 25.4. The number of aromatic nitrogens is 1. The average Bonchev–Trinajstić information content (AvgIpc) is 3.87. The summed E-state index contributed by atoms with van der Waals surface area (Å²) in [4.78, 5) is 57.5. The summed E-state index contributed by atoms with van der Waals surface area (Å²) in [7, 11) is 2.00. The number of benzene rings is 4. The van der Waals surface area contributed by atoms with Crippen LogP contribution in [0.4, 0.5) is 19.3 Å². The summed E-state index contributed by atoms with van der Waals surface area (Å²) in [5.74, 6) is -3.02. The van der Waals surface area contributed by atoms with E-state index in [0.717, 1.165) is 99.7 Å². The number of hydrogen-bond donors (Lipinski definition) is 4. The Balaban J connectivity index is 0.749. The van der Waals surface area contributed by atoms with Gasteiger partial charge in [0.25, 0.3) is 0 Å². The fourth-order valence-corrected chi connectivity index (χ4v) is 12.5. The summed E-state index contributed by atoms with van der Waals surface area (Å²) >= 11 is 6.73. The molecule has 5 amide bonds. The van der Waals surface area contributed by atoms with E-state index in [9.17, 15) is 24.3 Å². The molecule has 3 saturated heterocycles. The van der Waals surface area contributed by atoms with Gasteiger partial charge in [-0.05, 0) is 99.7 Å². The van der Waals surface area contributed by atoms with Gasteiger partial charge in [-0.1, -0.05) is 61.0 Å². The molecular formula is C55H62ClF2N7O7. The van der Waals surface area contributed by atoms with Crippen LogP contribution in [0, 0.1) is 17.6 Å². The third kappa shape index (κ3) is 9.20. The van der Waals surface area contributed by atoms with Crippen molar-refractivity contribution in [2.45, 2.75) is 94.2 Å². The van der Waals surface area contributed by atoms with E-state index in [1.54, 1.807) is 4.90 Å². The van der Waals surface area contributed by atoms with Gasteiger partial charge in [0.2, 0.25) is 17.7 Å². The molecule has 1 aliphatic carbocycles.